The highest BCUT2D eigenvalue weighted by Crippen LogP contribution is 2.17. The van der Waals surface area contributed by atoms with Crippen LogP contribution in [0.15, 0.2) is 18.7 Å². The molecule has 0 radical (unpaired) electrons. The lowest BCUT2D eigenvalue weighted by Crippen LogP contribution is -2.47. The summed E-state index contributed by atoms with van der Waals surface area (Å²) in [6.45, 7) is 0.659. The number of sulfonamides is 1. The Balaban J connectivity index is 2.13. The van der Waals surface area contributed by atoms with Gasteiger partial charge in [0, 0.05) is 25.5 Å². The van der Waals surface area contributed by atoms with Crippen LogP contribution < -0.4 is 5.14 Å². The van der Waals surface area contributed by atoms with Crippen LogP contribution in [0.4, 0.5) is 0 Å². The maximum absolute atomic E-state index is 12.1. The van der Waals surface area contributed by atoms with Crippen molar-refractivity contribution in [3.8, 4) is 0 Å². The first kappa shape index (κ1) is 12.9. The van der Waals surface area contributed by atoms with Gasteiger partial charge in [-0.3, -0.25) is 4.79 Å². The van der Waals surface area contributed by atoms with Gasteiger partial charge in [0.25, 0.3) is 5.91 Å². The third-order valence-corrected chi connectivity index (χ3v) is 4.25. The molecule has 1 atom stereocenters. The molecule has 1 amide bonds. The second-order valence-corrected chi connectivity index (χ2v) is 6.08. The number of aromatic nitrogens is 2. The predicted octanol–water partition coefficient (Wildman–Crippen LogP) is -0.630. The van der Waals surface area contributed by atoms with Crippen LogP contribution in [0, 0.1) is 0 Å². The highest BCUT2D eigenvalue weighted by molar-refractivity contribution is 7.89. The van der Waals surface area contributed by atoms with Crippen molar-refractivity contribution in [1.29, 1.82) is 0 Å². The summed E-state index contributed by atoms with van der Waals surface area (Å²) < 4.78 is 22.6. The van der Waals surface area contributed by atoms with Crippen LogP contribution in [0.3, 0.4) is 0 Å². The maximum Gasteiger partial charge on any atom is 0.257 e. The zero-order chi connectivity index (χ0) is 13.2. The number of piperidine rings is 1. The molecule has 1 unspecified atom stereocenters. The van der Waals surface area contributed by atoms with Crippen LogP contribution in [0.1, 0.15) is 23.2 Å². The molecular weight excluding hydrogens is 256 g/mol. The molecule has 0 saturated carbocycles. The van der Waals surface area contributed by atoms with Gasteiger partial charge in [0.15, 0.2) is 0 Å². The summed E-state index contributed by atoms with van der Waals surface area (Å²) >= 11 is 0. The molecule has 1 aromatic heterocycles. The van der Waals surface area contributed by atoms with Gasteiger partial charge in [0.05, 0.1) is 10.8 Å². The molecule has 7 nitrogen and oxygen atoms in total. The molecule has 8 heteroatoms. The second kappa shape index (κ2) is 4.99. The number of nitrogens with zero attached hydrogens (tertiary/aromatic N) is 3. The Morgan fingerprint density at radius 2 is 2.06 bits per heavy atom. The normalized spacial score (nSPS) is 20.7. The molecule has 0 aliphatic carbocycles. The van der Waals surface area contributed by atoms with Gasteiger partial charge in [0.1, 0.15) is 6.33 Å². The third kappa shape index (κ3) is 2.82. The van der Waals surface area contributed by atoms with Crippen molar-refractivity contribution in [2.24, 2.45) is 5.14 Å². The first-order chi connectivity index (χ1) is 8.48. The monoisotopic (exact) mass is 270 g/mol. The largest absolute Gasteiger partial charge is 0.337 e. The molecule has 1 aliphatic heterocycles. The van der Waals surface area contributed by atoms with Crippen molar-refractivity contribution >= 4 is 15.9 Å². The van der Waals surface area contributed by atoms with Crippen LogP contribution in [0.2, 0.25) is 0 Å². The summed E-state index contributed by atoms with van der Waals surface area (Å²) in [4.78, 5) is 21.1. The topological polar surface area (TPSA) is 106 Å². The van der Waals surface area contributed by atoms with Crippen molar-refractivity contribution < 1.29 is 13.2 Å². The molecule has 0 bridgehead atoms. The van der Waals surface area contributed by atoms with Gasteiger partial charge in [-0.1, -0.05) is 0 Å². The predicted molar refractivity (Wildman–Crippen MR) is 64.1 cm³/mol. The molecule has 0 spiro atoms. The summed E-state index contributed by atoms with van der Waals surface area (Å²) in [6, 6.07) is 0. The number of amides is 1. The number of hydrogen-bond donors (Lipinski definition) is 1. The van der Waals surface area contributed by atoms with Crippen LogP contribution in [-0.4, -0.2) is 47.5 Å². The van der Waals surface area contributed by atoms with Gasteiger partial charge >= 0.3 is 0 Å². The van der Waals surface area contributed by atoms with E-state index >= 15 is 0 Å². The molecule has 98 valence electrons. The van der Waals surface area contributed by atoms with E-state index in [1.165, 1.54) is 23.6 Å². The SMILES string of the molecule is NS(=O)(=O)C1CCCN(C(=O)c2cncnc2)C1. The fraction of sp³-hybridized carbons (Fsp3) is 0.500. The lowest BCUT2D eigenvalue weighted by atomic mass is 10.1. The maximum atomic E-state index is 12.1. The van der Waals surface area contributed by atoms with Crippen LogP contribution in [0.5, 0.6) is 0 Å². The van der Waals surface area contributed by atoms with E-state index in [2.05, 4.69) is 9.97 Å². The average Bonchev–Trinajstić information content (AvgIpc) is 2.38. The van der Waals surface area contributed by atoms with E-state index in [4.69, 9.17) is 5.14 Å². The van der Waals surface area contributed by atoms with Gasteiger partial charge in [0.2, 0.25) is 10.0 Å². The smallest absolute Gasteiger partial charge is 0.257 e. The molecule has 2 rings (SSSR count). The highest BCUT2D eigenvalue weighted by Gasteiger charge is 2.30. The molecule has 2 N–H and O–H groups in total. The number of hydrogen-bond acceptors (Lipinski definition) is 5. The Labute approximate surface area is 105 Å². The summed E-state index contributed by atoms with van der Waals surface area (Å²) in [5.74, 6) is -0.260. The van der Waals surface area contributed by atoms with E-state index < -0.39 is 15.3 Å². The van der Waals surface area contributed by atoms with E-state index in [9.17, 15) is 13.2 Å². The Morgan fingerprint density at radius 3 is 2.67 bits per heavy atom. The molecule has 1 fully saturated rings. The van der Waals surface area contributed by atoms with Crippen LogP contribution in [-0.2, 0) is 10.0 Å². The van der Waals surface area contributed by atoms with Crippen molar-refractivity contribution in [2.45, 2.75) is 18.1 Å². The number of rotatable bonds is 2. The van der Waals surface area contributed by atoms with Crippen LogP contribution in [0.25, 0.3) is 0 Å². The summed E-state index contributed by atoms with van der Waals surface area (Å²) in [7, 11) is -3.60. The molecular formula is C10H14N4O3S. The number of primary sulfonamides is 1. The van der Waals surface area contributed by atoms with Crippen molar-refractivity contribution in [3.63, 3.8) is 0 Å². The van der Waals surface area contributed by atoms with Crippen LogP contribution >= 0.6 is 0 Å². The lowest BCUT2D eigenvalue weighted by molar-refractivity contribution is 0.0726. The number of carbonyl (C=O) groups excluding carboxylic acids is 1. The summed E-state index contributed by atoms with van der Waals surface area (Å²) in [6.07, 6.45) is 5.28. The van der Waals surface area contributed by atoms with Crippen molar-refractivity contribution in [1.82, 2.24) is 14.9 Å². The van der Waals surface area contributed by atoms with Gasteiger partial charge in [-0.15, -0.1) is 0 Å². The van der Waals surface area contributed by atoms with E-state index in [1.807, 2.05) is 0 Å². The van der Waals surface area contributed by atoms with Crippen molar-refractivity contribution in [3.05, 3.63) is 24.3 Å². The summed E-state index contributed by atoms with van der Waals surface area (Å²) in [5.41, 5.74) is 0.354. The third-order valence-electron chi connectivity index (χ3n) is 2.94. The fourth-order valence-electron chi connectivity index (χ4n) is 1.98. The van der Waals surface area contributed by atoms with E-state index in [-0.39, 0.29) is 12.5 Å². The average molecular weight is 270 g/mol. The minimum atomic E-state index is -3.60. The van der Waals surface area contributed by atoms with E-state index in [0.717, 1.165) is 0 Å². The Morgan fingerprint density at radius 1 is 1.39 bits per heavy atom. The number of nitrogens with two attached hydrogens (primary N) is 1. The lowest BCUT2D eigenvalue weighted by Gasteiger charge is -2.31. The van der Waals surface area contributed by atoms with Gasteiger partial charge < -0.3 is 4.90 Å². The Kier molecular flexibility index (Phi) is 3.58. The zero-order valence-corrected chi connectivity index (χ0v) is 10.5. The van der Waals surface area contributed by atoms with E-state index in [0.29, 0.717) is 24.9 Å². The molecule has 2 heterocycles. The molecule has 1 aromatic rings. The molecule has 1 aliphatic rings. The Bertz CT molecular complexity index is 531. The Hall–Kier alpha value is -1.54. The zero-order valence-electron chi connectivity index (χ0n) is 9.69. The number of likely N-dealkylation sites (tertiary alicyclic amines) is 1. The molecule has 0 aromatic carbocycles. The molecule has 18 heavy (non-hydrogen) atoms. The first-order valence-corrected chi connectivity index (χ1v) is 7.15. The quantitative estimate of drug-likeness (QED) is 0.770. The fourth-order valence-corrected chi connectivity index (χ4v) is 2.87. The minimum Gasteiger partial charge on any atom is -0.337 e. The highest BCUT2D eigenvalue weighted by atomic mass is 32.2. The first-order valence-electron chi connectivity index (χ1n) is 5.54. The van der Waals surface area contributed by atoms with Gasteiger partial charge in [-0.25, -0.2) is 23.5 Å². The standard InChI is InChI=1S/C10H14N4O3S/c11-18(16,17)9-2-1-3-14(6-9)10(15)8-4-12-7-13-5-8/h4-5,7,9H,1-3,6H2,(H2,11,16,17). The summed E-state index contributed by atoms with van der Waals surface area (Å²) in [5, 5.41) is 4.44. The molecule has 1 saturated heterocycles. The van der Waals surface area contributed by atoms with Gasteiger partial charge in [-0.05, 0) is 12.8 Å². The minimum absolute atomic E-state index is 0.132. The second-order valence-electron chi connectivity index (χ2n) is 4.23. The number of carbonyl (C=O) groups is 1. The van der Waals surface area contributed by atoms with Gasteiger partial charge in [-0.2, -0.15) is 0 Å². The van der Waals surface area contributed by atoms with E-state index in [1.54, 1.807) is 0 Å². The van der Waals surface area contributed by atoms with Crippen molar-refractivity contribution in [2.75, 3.05) is 13.1 Å².